The second-order valence-electron chi connectivity index (χ2n) is 5.16. The van der Waals surface area contributed by atoms with Gasteiger partial charge in [0.05, 0.1) is 23.8 Å². The van der Waals surface area contributed by atoms with Crippen molar-refractivity contribution in [2.45, 2.75) is 6.92 Å². The monoisotopic (exact) mass is 359 g/mol. The van der Waals surface area contributed by atoms with Crippen LogP contribution in [-0.4, -0.2) is 35.9 Å². The van der Waals surface area contributed by atoms with Crippen LogP contribution in [0.4, 0.5) is 5.69 Å². The normalized spacial score (nSPS) is 10.5. The maximum atomic E-state index is 11.8. The minimum absolute atomic E-state index is 0.0600. The van der Waals surface area contributed by atoms with E-state index in [-0.39, 0.29) is 23.7 Å². The molecule has 0 saturated carbocycles. The number of aryl methyl sites for hydroxylation is 1. The molecular formula is C17H17N3O6. The zero-order valence-corrected chi connectivity index (χ0v) is 14.1. The fourth-order valence-corrected chi connectivity index (χ4v) is 2.14. The summed E-state index contributed by atoms with van der Waals surface area (Å²) in [6.07, 6.45) is 1.09. The van der Waals surface area contributed by atoms with Crippen molar-refractivity contribution in [2.75, 3.05) is 13.7 Å². The van der Waals surface area contributed by atoms with E-state index in [1.165, 1.54) is 19.2 Å². The average molecular weight is 359 g/mol. The summed E-state index contributed by atoms with van der Waals surface area (Å²) in [5, 5.41) is 24.5. The Kier molecular flexibility index (Phi) is 6.10. The molecule has 0 spiro atoms. The Morgan fingerprint density at radius 3 is 2.73 bits per heavy atom. The molecule has 136 valence electrons. The number of nitro groups is 1. The van der Waals surface area contributed by atoms with Crippen LogP contribution in [0.1, 0.15) is 11.1 Å². The van der Waals surface area contributed by atoms with E-state index in [0.717, 1.165) is 11.8 Å². The summed E-state index contributed by atoms with van der Waals surface area (Å²) >= 11 is 0. The van der Waals surface area contributed by atoms with Gasteiger partial charge in [-0.1, -0.05) is 18.2 Å². The smallest absolute Gasteiger partial charge is 0.323 e. The predicted octanol–water partition coefficient (Wildman–Crippen LogP) is 2.15. The van der Waals surface area contributed by atoms with Gasteiger partial charge in [0, 0.05) is 0 Å². The number of hydrazone groups is 1. The van der Waals surface area contributed by atoms with Gasteiger partial charge in [-0.2, -0.15) is 5.10 Å². The number of rotatable bonds is 7. The summed E-state index contributed by atoms with van der Waals surface area (Å²) in [6, 6.07) is 9.74. The summed E-state index contributed by atoms with van der Waals surface area (Å²) < 4.78 is 10.2. The molecule has 2 N–H and O–H groups in total. The lowest BCUT2D eigenvalue weighted by Crippen LogP contribution is -2.24. The first-order valence-corrected chi connectivity index (χ1v) is 7.48. The second-order valence-corrected chi connectivity index (χ2v) is 5.16. The number of nitrogens with one attached hydrogen (secondary N) is 1. The molecule has 0 fully saturated rings. The number of carbonyl (C=O) groups excluding carboxylic acids is 1. The second kappa shape index (κ2) is 8.47. The summed E-state index contributed by atoms with van der Waals surface area (Å²) in [7, 11) is 1.20. The first-order valence-electron chi connectivity index (χ1n) is 7.48. The molecular weight excluding hydrogens is 342 g/mol. The van der Waals surface area contributed by atoms with Crippen LogP contribution in [0.5, 0.6) is 17.2 Å². The van der Waals surface area contributed by atoms with Crippen LogP contribution < -0.4 is 14.9 Å². The van der Waals surface area contributed by atoms with Gasteiger partial charge in [-0.15, -0.1) is 0 Å². The molecule has 0 aliphatic rings. The number of methoxy groups -OCH3 is 1. The van der Waals surface area contributed by atoms with E-state index in [0.29, 0.717) is 5.75 Å². The number of benzene rings is 2. The number of nitrogens with zero attached hydrogens (tertiary/aromatic N) is 2. The lowest BCUT2D eigenvalue weighted by molar-refractivity contribution is -0.386. The Morgan fingerprint density at radius 2 is 2.08 bits per heavy atom. The largest absolute Gasteiger partial charge is 0.504 e. The fourth-order valence-electron chi connectivity index (χ4n) is 2.14. The number of nitro benzene ring substituents is 1. The number of para-hydroxylation sites is 1. The van der Waals surface area contributed by atoms with E-state index in [1.807, 2.05) is 19.1 Å². The van der Waals surface area contributed by atoms with Gasteiger partial charge >= 0.3 is 5.69 Å². The molecule has 2 aromatic rings. The van der Waals surface area contributed by atoms with E-state index in [4.69, 9.17) is 9.47 Å². The van der Waals surface area contributed by atoms with Crippen LogP contribution in [0.2, 0.25) is 0 Å². The minimum atomic E-state index is -0.705. The van der Waals surface area contributed by atoms with E-state index in [2.05, 4.69) is 10.5 Å². The molecule has 0 aliphatic heterocycles. The van der Waals surface area contributed by atoms with Crippen molar-refractivity contribution in [3.63, 3.8) is 0 Å². The molecule has 0 radical (unpaired) electrons. The molecule has 26 heavy (non-hydrogen) atoms. The predicted molar refractivity (Wildman–Crippen MR) is 93.7 cm³/mol. The first kappa shape index (κ1) is 18.7. The van der Waals surface area contributed by atoms with Gasteiger partial charge in [0.2, 0.25) is 5.75 Å². The van der Waals surface area contributed by atoms with Crippen molar-refractivity contribution < 1.29 is 24.3 Å². The van der Waals surface area contributed by atoms with Crippen LogP contribution in [0.3, 0.4) is 0 Å². The Balaban J connectivity index is 2.03. The molecule has 9 nitrogen and oxygen atoms in total. The number of aromatic hydroxyl groups is 1. The molecule has 2 rings (SSSR count). The molecule has 0 aliphatic carbocycles. The number of hydrogen-bond donors (Lipinski definition) is 2. The SMILES string of the molecule is COc1c(O)ccc(/C=N/NC(=O)COc2ccccc2C)c1[N+](=O)[O-]. The highest BCUT2D eigenvalue weighted by atomic mass is 16.6. The third-order valence-electron chi connectivity index (χ3n) is 3.37. The molecule has 1 amide bonds. The molecule has 0 aromatic heterocycles. The van der Waals surface area contributed by atoms with Crippen molar-refractivity contribution in [1.82, 2.24) is 5.43 Å². The van der Waals surface area contributed by atoms with E-state index >= 15 is 0 Å². The van der Waals surface area contributed by atoms with Crippen molar-refractivity contribution >= 4 is 17.8 Å². The standard InChI is InChI=1S/C17H17N3O6/c1-11-5-3-4-6-14(11)26-10-15(22)19-18-9-12-7-8-13(21)17(25-2)16(12)20(23)24/h3-9,21H,10H2,1-2H3,(H,19,22)/b18-9+. The number of carbonyl (C=O) groups is 1. The maximum absolute atomic E-state index is 11.8. The lowest BCUT2D eigenvalue weighted by atomic mass is 10.1. The number of amides is 1. The third kappa shape index (κ3) is 4.47. The van der Waals surface area contributed by atoms with Gasteiger partial charge in [0.1, 0.15) is 5.75 Å². The van der Waals surface area contributed by atoms with Gasteiger partial charge in [-0.05, 0) is 30.7 Å². The Labute approximate surface area is 149 Å². The van der Waals surface area contributed by atoms with Crippen molar-refractivity contribution in [1.29, 1.82) is 0 Å². The van der Waals surface area contributed by atoms with Gasteiger partial charge < -0.3 is 14.6 Å². The van der Waals surface area contributed by atoms with E-state index in [9.17, 15) is 20.0 Å². The third-order valence-corrected chi connectivity index (χ3v) is 3.37. The molecule has 9 heteroatoms. The topological polar surface area (TPSA) is 123 Å². The van der Waals surface area contributed by atoms with Crippen LogP contribution in [0.25, 0.3) is 0 Å². The Hall–Kier alpha value is -3.62. The van der Waals surface area contributed by atoms with Gasteiger partial charge in [0.15, 0.2) is 12.4 Å². The zero-order chi connectivity index (χ0) is 19.1. The highest BCUT2D eigenvalue weighted by Crippen LogP contribution is 2.37. The number of phenols is 1. The Bertz CT molecular complexity index is 850. The molecule has 0 bridgehead atoms. The number of phenolic OH excluding ortho intramolecular Hbond substituents is 1. The van der Waals surface area contributed by atoms with Crippen LogP contribution in [-0.2, 0) is 4.79 Å². The zero-order valence-electron chi connectivity index (χ0n) is 14.1. The van der Waals surface area contributed by atoms with Gasteiger partial charge in [0.25, 0.3) is 5.91 Å². The molecule has 0 saturated heterocycles. The highest BCUT2D eigenvalue weighted by Gasteiger charge is 2.23. The molecule has 0 unspecified atom stereocenters. The fraction of sp³-hybridized carbons (Fsp3) is 0.176. The van der Waals surface area contributed by atoms with Crippen molar-refractivity contribution in [3.05, 3.63) is 57.6 Å². The van der Waals surface area contributed by atoms with Crippen LogP contribution in [0, 0.1) is 17.0 Å². The lowest BCUT2D eigenvalue weighted by Gasteiger charge is -2.07. The van der Waals surface area contributed by atoms with E-state index < -0.39 is 16.5 Å². The van der Waals surface area contributed by atoms with Crippen LogP contribution >= 0.6 is 0 Å². The summed E-state index contributed by atoms with van der Waals surface area (Å²) in [4.78, 5) is 22.2. The van der Waals surface area contributed by atoms with Crippen molar-refractivity contribution in [2.24, 2.45) is 5.10 Å². The molecule has 0 atom stereocenters. The highest BCUT2D eigenvalue weighted by molar-refractivity contribution is 5.89. The minimum Gasteiger partial charge on any atom is -0.504 e. The summed E-state index contributed by atoms with van der Waals surface area (Å²) in [5.41, 5.74) is 2.71. The number of hydrogen-bond acceptors (Lipinski definition) is 7. The molecule has 2 aromatic carbocycles. The average Bonchev–Trinajstić information content (AvgIpc) is 2.61. The van der Waals surface area contributed by atoms with Crippen LogP contribution in [0.15, 0.2) is 41.5 Å². The maximum Gasteiger partial charge on any atom is 0.323 e. The van der Waals surface area contributed by atoms with Gasteiger partial charge in [-0.3, -0.25) is 14.9 Å². The summed E-state index contributed by atoms with van der Waals surface area (Å²) in [5.74, 6) is -0.608. The Morgan fingerprint density at radius 1 is 1.35 bits per heavy atom. The van der Waals surface area contributed by atoms with Crippen molar-refractivity contribution in [3.8, 4) is 17.2 Å². The quantitative estimate of drug-likeness (QED) is 0.443. The number of ether oxygens (including phenoxy) is 2. The first-order chi connectivity index (χ1) is 12.4. The van der Waals surface area contributed by atoms with E-state index in [1.54, 1.807) is 12.1 Å². The van der Waals surface area contributed by atoms with Gasteiger partial charge in [-0.25, -0.2) is 5.43 Å². The summed E-state index contributed by atoms with van der Waals surface area (Å²) in [6.45, 7) is 1.59. The molecule has 0 heterocycles.